The van der Waals surface area contributed by atoms with Crippen LogP contribution in [0.15, 0.2) is 6.07 Å². The van der Waals surface area contributed by atoms with E-state index in [0.717, 1.165) is 6.07 Å². The Hall–Kier alpha value is -1.22. The fourth-order valence-electron chi connectivity index (χ4n) is 1.04. The fraction of sp³-hybridized carbons (Fsp3) is 0.250. The normalized spacial score (nSPS) is 10.2. The van der Waals surface area contributed by atoms with E-state index in [0.29, 0.717) is 0 Å². The molecule has 1 heterocycles. The van der Waals surface area contributed by atoms with Gasteiger partial charge in [0.1, 0.15) is 11.8 Å². The molecule has 1 aromatic rings. The summed E-state index contributed by atoms with van der Waals surface area (Å²) < 4.78 is 25.0. The van der Waals surface area contributed by atoms with E-state index in [4.69, 9.17) is 11.0 Å². The second-order valence-corrected chi connectivity index (χ2v) is 3.06. The largest absolute Gasteiger partial charge is 0.398 e. The molecule has 0 aromatic carbocycles. The van der Waals surface area contributed by atoms with E-state index in [1.807, 2.05) is 0 Å². The second kappa shape index (κ2) is 4.33. The number of anilines is 1. The lowest BCUT2D eigenvalue weighted by molar-refractivity contribution is 0.151. The van der Waals surface area contributed by atoms with Gasteiger partial charge < -0.3 is 5.73 Å². The van der Waals surface area contributed by atoms with Crippen LogP contribution in [0, 0.1) is 11.3 Å². The van der Waals surface area contributed by atoms with Crippen molar-refractivity contribution in [3.05, 3.63) is 23.0 Å². The third-order valence-electron chi connectivity index (χ3n) is 1.63. The molecule has 0 atom stereocenters. The first-order valence-corrected chi connectivity index (χ1v) is 4.75. The van der Waals surface area contributed by atoms with Gasteiger partial charge in [-0.3, -0.25) is 0 Å². The molecule has 1 rings (SSSR count). The highest BCUT2D eigenvalue weighted by Gasteiger charge is 2.18. The van der Waals surface area contributed by atoms with Gasteiger partial charge in [-0.05, 0) is 6.07 Å². The van der Waals surface area contributed by atoms with Crippen LogP contribution in [0.3, 0.4) is 0 Å². The van der Waals surface area contributed by atoms with Gasteiger partial charge in [0.05, 0.1) is 11.3 Å². The van der Waals surface area contributed by atoms with Crippen LogP contribution in [0.5, 0.6) is 0 Å². The lowest BCUT2D eigenvalue weighted by atomic mass is 10.1. The van der Waals surface area contributed by atoms with Crippen molar-refractivity contribution in [1.29, 1.82) is 5.26 Å². The number of nitrogen functional groups attached to an aromatic ring is 1. The van der Waals surface area contributed by atoms with E-state index in [1.165, 1.54) is 0 Å². The van der Waals surface area contributed by atoms with Crippen molar-refractivity contribution in [2.75, 3.05) is 5.73 Å². The van der Waals surface area contributed by atoms with Crippen molar-refractivity contribution in [2.24, 2.45) is 0 Å². The monoisotopic (exact) mass is 261 g/mol. The number of aromatic nitrogens is 1. The van der Waals surface area contributed by atoms with Gasteiger partial charge in [0.2, 0.25) is 0 Å². The Bertz CT molecular complexity index is 387. The SMILES string of the molecule is N#Cc1cc(N)c(C(F)F)c(CBr)n1. The minimum Gasteiger partial charge on any atom is -0.398 e. The van der Waals surface area contributed by atoms with E-state index in [9.17, 15) is 8.78 Å². The molecule has 0 spiro atoms. The standard InChI is InChI=1S/C8H6BrF2N3/c9-2-6-7(8(10)11)5(13)1-4(3-12)14-6/h1,8H,2H2,(H2,13,14). The Labute approximate surface area is 87.7 Å². The van der Waals surface area contributed by atoms with Gasteiger partial charge in [0.15, 0.2) is 0 Å². The Morgan fingerprint density at radius 1 is 1.64 bits per heavy atom. The van der Waals surface area contributed by atoms with Gasteiger partial charge in [-0.25, -0.2) is 13.8 Å². The van der Waals surface area contributed by atoms with Gasteiger partial charge in [-0.15, -0.1) is 0 Å². The zero-order chi connectivity index (χ0) is 10.7. The number of rotatable bonds is 2. The van der Waals surface area contributed by atoms with Gasteiger partial charge >= 0.3 is 0 Å². The van der Waals surface area contributed by atoms with Crippen molar-refractivity contribution in [1.82, 2.24) is 4.98 Å². The molecule has 0 aliphatic heterocycles. The molecule has 0 saturated carbocycles. The molecular formula is C8H6BrF2N3. The minimum atomic E-state index is -2.68. The number of hydrogen-bond acceptors (Lipinski definition) is 3. The van der Waals surface area contributed by atoms with E-state index < -0.39 is 6.43 Å². The van der Waals surface area contributed by atoms with Crippen molar-refractivity contribution in [2.45, 2.75) is 11.8 Å². The van der Waals surface area contributed by atoms with Crippen molar-refractivity contribution in [3.63, 3.8) is 0 Å². The molecular weight excluding hydrogens is 256 g/mol. The number of nitrogens with two attached hydrogens (primary N) is 1. The molecule has 2 N–H and O–H groups in total. The van der Waals surface area contributed by atoms with Crippen LogP contribution in [-0.2, 0) is 5.33 Å². The van der Waals surface area contributed by atoms with E-state index in [-0.39, 0.29) is 28.0 Å². The molecule has 0 bridgehead atoms. The molecule has 1 aromatic heterocycles. The average molecular weight is 262 g/mol. The predicted molar refractivity (Wildman–Crippen MR) is 51.0 cm³/mol. The lowest BCUT2D eigenvalue weighted by Crippen LogP contribution is -2.04. The molecule has 0 unspecified atom stereocenters. The van der Waals surface area contributed by atoms with Crippen LogP contribution in [0.4, 0.5) is 14.5 Å². The molecule has 6 heteroatoms. The summed E-state index contributed by atoms with van der Waals surface area (Å²) in [4.78, 5) is 3.72. The van der Waals surface area contributed by atoms with Gasteiger partial charge in [-0.2, -0.15) is 5.26 Å². The molecule has 0 radical (unpaired) electrons. The van der Waals surface area contributed by atoms with Crippen molar-refractivity contribution >= 4 is 21.6 Å². The molecule has 14 heavy (non-hydrogen) atoms. The number of nitriles is 1. The Morgan fingerprint density at radius 2 is 2.29 bits per heavy atom. The smallest absolute Gasteiger partial charge is 0.267 e. The first-order chi connectivity index (χ1) is 6.60. The van der Waals surface area contributed by atoms with Crippen molar-refractivity contribution < 1.29 is 8.78 Å². The molecule has 0 fully saturated rings. The molecule has 0 saturated heterocycles. The second-order valence-electron chi connectivity index (χ2n) is 2.50. The Balaban J connectivity index is 3.36. The summed E-state index contributed by atoms with van der Waals surface area (Å²) in [5, 5.41) is 8.69. The van der Waals surface area contributed by atoms with Crippen LogP contribution in [0.1, 0.15) is 23.4 Å². The van der Waals surface area contributed by atoms with E-state index >= 15 is 0 Å². The zero-order valence-corrected chi connectivity index (χ0v) is 8.55. The maximum Gasteiger partial charge on any atom is 0.267 e. The fourth-order valence-corrected chi connectivity index (χ4v) is 1.47. The Kier molecular flexibility index (Phi) is 3.36. The minimum absolute atomic E-state index is 0.0429. The topological polar surface area (TPSA) is 62.7 Å². The number of alkyl halides is 3. The zero-order valence-electron chi connectivity index (χ0n) is 6.97. The summed E-state index contributed by atoms with van der Waals surface area (Å²) in [6, 6.07) is 2.90. The van der Waals surface area contributed by atoms with Crippen LogP contribution < -0.4 is 5.73 Å². The number of pyridine rings is 1. The Morgan fingerprint density at radius 3 is 2.71 bits per heavy atom. The summed E-state index contributed by atoms with van der Waals surface area (Å²) >= 11 is 3.01. The van der Waals surface area contributed by atoms with Crippen LogP contribution in [-0.4, -0.2) is 4.98 Å². The molecule has 0 aliphatic rings. The number of hydrogen-bond donors (Lipinski definition) is 1. The highest BCUT2D eigenvalue weighted by Crippen LogP contribution is 2.29. The molecule has 74 valence electrons. The summed E-state index contributed by atoms with van der Waals surface area (Å²) in [5.41, 5.74) is 5.13. The third-order valence-corrected chi connectivity index (χ3v) is 2.16. The summed E-state index contributed by atoms with van der Waals surface area (Å²) in [6.07, 6.45) is -2.68. The van der Waals surface area contributed by atoms with Crippen LogP contribution in [0.2, 0.25) is 0 Å². The molecule has 0 amide bonds. The highest BCUT2D eigenvalue weighted by molar-refractivity contribution is 9.08. The predicted octanol–water partition coefficient (Wildman–Crippen LogP) is 2.37. The number of halogens is 3. The maximum atomic E-state index is 12.5. The molecule has 3 nitrogen and oxygen atoms in total. The van der Waals surface area contributed by atoms with Gasteiger partial charge in [0, 0.05) is 11.0 Å². The number of nitrogens with zero attached hydrogens (tertiary/aromatic N) is 2. The lowest BCUT2D eigenvalue weighted by Gasteiger charge is -2.08. The van der Waals surface area contributed by atoms with Gasteiger partial charge in [-0.1, -0.05) is 15.9 Å². The van der Waals surface area contributed by atoms with Crippen LogP contribution in [0.25, 0.3) is 0 Å². The maximum absolute atomic E-state index is 12.5. The summed E-state index contributed by atoms with van der Waals surface area (Å²) in [7, 11) is 0. The van der Waals surface area contributed by atoms with E-state index in [2.05, 4.69) is 20.9 Å². The van der Waals surface area contributed by atoms with E-state index in [1.54, 1.807) is 6.07 Å². The third kappa shape index (κ3) is 1.99. The highest BCUT2D eigenvalue weighted by atomic mass is 79.9. The summed E-state index contributed by atoms with van der Waals surface area (Å²) in [6.45, 7) is 0. The quantitative estimate of drug-likeness (QED) is 0.832. The summed E-state index contributed by atoms with van der Waals surface area (Å²) in [5.74, 6) is 0. The van der Waals surface area contributed by atoms with Crippen LogP contribution >= 0.6 is 15.9 Å². The first-order valence-electron chi connectivity index (χ1n) is 3.63. The van der Waals surface area contributed by atoms with Crippen molar-refractivity contribution in [3.8, 4) is 6.07 Å². The molecule has 0 aliphatic carbocycles. The van der Waals surface area contributed by atoms with Gasteiger partial charge in [0.25, 0.3) is 6.43 Å². The average Bonchev–Trinajstić information content (AvgIpc) is 2.15. The first kappa shape index (κ1) is 10.9.